The van der Waals surface area contributed by atoms with Crippen molar-refractivity contribution in [3.8, 4) is 0 Å². The summed E-state index contributed by atoms with van der Waals surface area (Å²) in [6.45, 7) is -0.0540. The Hall–Kier alpha value is -2.49. The molecule has 0 aromatic carbocycles. The number of sulfone groups is 1. The van der Waals surface area contributed by atoms with Gasteiger partial charge >= 0.3 is 11.8 Å². The smallest absolute Gasteiger partial charge is 0.313 e. The van der Waals surface area contributed by atoms with Gasteiger partial charge < -0.3 is 10.6 Å². The Morgan fingerprint density at radius 1 is 1.35 bits per heavy atom. The van der Waals surface area contributed by atoms with Crippen LogP contribution in [0.25, 0.3) is 5.65 Å². The van der Waals surface area contributed by atoms with Crippen molar-refractivity contribution in [2.75, 3.05) is 17.6 Å². The number of nitrogens with one attached hydrogen (secondary N) is 2. The molecule has 1 saturated heterocycles. The molecule has 2 N–H and O–H groups in total. The van der Waals surface area contributed by atoms with Gasteiger partial charge in [-0.15, -0.1) is 0 Å². The van der Waals surface area contributed by atoms with E-state index in [0.29, 0.717) is 24.2 Å². The summed E-state index contributed by atoms with van der Waals surface area (Å²) < 4.78 is 24.8. The lowest BCUT2D eigenvalue weighted by molar-refractivity contribution is -0.136. The van der Waals surface area contributed by atoms with Crippen molar-refractivity contribution in [1.82, 2.24) is 19.9 Å². The fourth-order valence-corrected chi connectivity index (χ4v) is 4.23. The molecule has 2 aromatic rings. The molecule has 0 spiro atoms. The highest BCUT2D eigenvalue weighted by Crippen LogP contribution is 2.19. The van der Waals surface area contributed by atoms with Crippen LogP contribution in [0.1, 0.15) is 12.8 Å². The van der Waals surface area contributed by atoms with Crippen LogP contribution in [0.4, 0.5) is 5.69 Å². The number of nitrogens with zero attached hydrogens (tertiary/aromatic N) is 3. The summed E-state index contributed by atoms with van der Waals surface area (Å²) in [6, 6.07) is 1.68. The first kappa shape index (κ1) is 15.4. The van der Waals surface area contributed by atoms with Crippen LogP contribution in [0.2, 0.25) is 0 Å². The van der Waals surface area contributed by atoms with E-state index >= 15 is 0 Å². The number of hydrogen-bond donors (Lipinski definition) is 2. The molecule has 2 amide bonds. The van der Waals surface area contributed by atoms with Gasteiger partial charge in [-0.25, -0.2) is 17.9 Å². The number of rotatable bonds is 3. The molecule has 23 heavy (non-hydrogen) atoms. The van der Waals surface area contributed by atoms with Crippen LogP contribution in [0.3, 0.4) is 0 Å². The third kappa shape index (κ3) is 3.16. The first-order chi connectivity index (χ1) is 11.0. The standard InChI is InChI=1S/C13H15N5O4S/c19-12(15-7-9-3-1-6-23(9,21)22)13(20)17-10-8-16-18-5-2-4-14-11(10)18/h2,4-5,8-9H,1,3,6-7H2,(H,15,19)(H,17,20). The second-order valence-corrected chi connectivity index (χ2v) is 7.64. The molecular weight excluding hydrogens is 322 g/mol. The average Bonchev–Trinajstić information content (AvgIpc) is 3.08. The minimum Gasteiger partial charge on any atom is -0.347 e. The van der Waals surface area contributed by atoms with Crippen LogP contribution in [-0.4, -0.2) is 52.4 Å². The van der Waals surface area contributed by atoms with Crippen LogP contribution in [0.15, 0.2) is 24.7 Å². The predicted molar refractivity (Wildman–Crippen MR) is 81.4 cm³/mol. The van der Waals surface area contributed by atoms with E-state index in [-0.39, 0.29) is 12.3 Å². The van der Waals surface area contributed by atoms with E-state index in [1.807, 2.05) is 0 Å². The average molecular weight is 337 g/mol. The van der Waals surface area contributed by atoms with Gasteiger partial charge in [0.15, 0.2) is 15.5 Å². The highest BCUT2D eigenvalue weighted by atomic mass is 32.2. The van der Waals surface area contributed by atoms with Gasteiger partial charge in [0.05, 0.1) is 17.2 Å². The molecule has 0 radical (unpaired) electrons. The Balaban J connectivity index is 1.61. The molecule has 1 atom stereocenters. The summed E-state index contributed by atoms with van der Waals surface area (Å²) in [5.74, 6) is -1.64. The van der Waals surface area contributed by atoms with Gasteiger partial charge in [-0.05, 0) is 18.9 Å². The number of fused-ring (bicyclic) bond motifs is 1. The van der Waals surface area contributed by atoms with Gasteiger partial charge in [-0.3, -0.25) is 9.59 Å². The monoisotopic (exact) mass is 337 g/mol. The van der Waals surface area contributed by atoms with Crippen molar-refractivity contribution in [1.29, 1.82) is 0 Å². The molecule has 3 rings (SSSR count). The molecule has 0 bridgehead atoms. The van der Waals surface area contributed by atoms with Crippen LogP contribution in [0.5, 0.6) is 0 Å². The zero-order valence-corrected chi connectivity index (χ0v) is 12.9. The first-order valence-electron chi connectivity index (χ1n) is 7.06. The Bertz CT molecular complexity index is 860. The molecule has 1 aliphatic heterocycles. The van der Waals surface area contributed by atoms with Crippen LogP contribution in [0, 0.1) is 0 Å². The van der Waals surface area contributed by atoms with Gasteiger partial charge in [0.25, 0.3) is 0 Å². The van der Waals surface area contributed by atoms with Gasteiger partial charge in [-0.1, -0.05) is 0 Å². The topological polar surface area (TPSA) is 123 Å². The van der Waals surface area contributed by atoms with Crippen LogP contribution in [-0.2, 0) is 19.4 Å². The lowest BCUT2D eigenvalue weighted by Crippen LogP contribution is -2.40. The lowest BCUT2D eigenvalue weighted by atomic mass is 10.2. The maximum atomic E-state index is 11.9. The molecule has 1 fully saturated rings. The largest absolute Gasteiger partial charge is 0.347 e. The Labute approximate surface area is 132 Å². The van der Waals surface area contributed by atoms with E-state index in [1.165, 1.54) is 16.9 Å². The van der Waals surface area contributed by atoms with Crippen LogP contribution >= 0.6 is 0 Å². The highest BCUT2D eigenvalue weighted by Gasteiger charge is 2.31. The van der Waals surface area contributed by atoms with E-state index in [1.54, 1.807) is 12.3 Å². The molecule has 122 valence electrons. The summed E-state index contributed by atoms with van der Waals surface area (Å²) in [5.41, 5.74) is 0.714. The van der Waals surface area contributed by atoms with Gasteiger partial charge in [0.1, 0.15) is 5.69 Å². The maximum absolute atomic E-state index is 11.9. The zero-order valence-electron chi connectivity index (χ0n) is 12.1. The van der Waals surface area contributed by atoms with Crippen molar-refractivity contribution in [2.24, 2.45) is 0 Å². The number of carbonyl (C=O) groups excluding carboxylic acids is 2. The van der Waals surface area contributed by atoms with E-state index < -0.39 is 26.9 Å². The van der Waals surface area contributed by atoms with Crippen molar-refractivity contribution in [2.45, 2.75) is 18.1 Å². The number of hydrogen-bond acceptors (Lipinski definition) is 6. The number of anilines is 1. The Kier molecular flexibility index (Phi) is 3.99. The van der Waals surface area contributed by atoms with Crippen molar-refractivity contribution >= 4 is 33.0 Å². The second-order valence-electron chi connectivity index (χ2n) is 5.24. The van der Waals surface area contributed by atoms with Gasteiger partial charge in [0, 0.05) is 18.9 Å². The van der Waals surface area contributed by atoms with Crippen molar-refractivity contribution in [3.63, 3.8) is 0 Å². The quantitative estimate of drug-likeness (QED) is 0.718. The fraction of sp³-hybridized carbons (Fsp3) is 0.385. The Morgan fingerprint density at radius 3 is 2.91 bits per heavy atom. The lowest BCUT2D eigenvalue weighted by Gasteiger charge is -2.10. The first-order valence-corrected chi connectivity index (χ1v) is 8.78. The van der Waals surface area contributed by atoms with Gasteiger partial charge in [-0.2, -0.15) is 5.10 Å². The number of amides is 2. The fourth-order valence-electron chi connectivity index (χ4n) is 2.47. The normalized spacial score (nSPS) is 19.6. The van der Waals surface area contributed by atoms with E-state index in [0.717, 1.165) is 0 Å². The molecule has 0 aliphatic carbocycles. The highest BCUT2D eigenvalue weighted by molar-refractivity contribution is 7.92. The summed E-state index contributed by atoms with van der Waals surface area (Å²) in [4.78, 5) is 27.7. The maximum Gasteiger partial charge on any atom is 0.313 e. The van der Waals surface area contributed by atoms with E-state index in [9.17, 15) is 18.0 Å². The summed E-state index contributed by atoms with van der Waals surface area (Å²) in [5, 5.41) is 8.15. The molecule has 9 nitrogen and oxygen atoms in total. The minimum atomic E-state index is -3.16. The Morgan fingerprint density at radius 2 is 2.17 bits per heavy atom. The van der Waals surface area contributed by atoms with Crippen molar-refractivity contribution in [3.05, 3.63) is 24.7 Å². The third-order valence-electron chi connectivity index (χ3n) is 3.69. The number of carbonyl (C=O) groups is 2. The molecule has 3 heterocycles. The van der Waals surface area contributed by atoms with Gasteiger partial charge in [0.2, 0.25) is 0 Å². The zero-order chi connectivity index (χ0) is 16.4. The molecule has 1 aliphatic rings. The summed E-state index contributed by atoms with van der Waals surface area (Å²) in [7, 11) is -3.16. The predicted octanol–water partition coefficient (Wildman–Crippen LogP) is -0.639. The minimum absolute atomic E-state index is 0.0540. The molecule has 0 saturated carbocycles. The van der Waals surface area contributed by atoms with Crippen LogP contribution < -0.4 is 10.6 Å². The molecule has 2 aromatic heterocycles. The summed E-state index contributed by atoms with van der Waals surface area (Å²) in [6.07, 6.45) is 5.67. The molecular formula is C13H15N5O4S. The molecule has 10 heteroatoms. The van der Waals surface area contributed by atoms with E-state index in [2.05, 4.69) is 20.7 Å². The molecule has 1 unspecified atom stereocenters. The SMILES string of the molecule is O=C(NCC1CCCS1(=O)=O)C(=O)Nc1cnn2cccnc12. The number of aromatic nitrogens is 3. The second kappa shape index (κ2) is 5.95. The third-order valence-corrected chi connectivity index (χ3v) is 5.96. The van der Waals surface area contributed by atoms with E-state index in [4.69, 9.17) is 0 Å². The summed E-state index contributed by atoms with van der Waals surface area (Å²) >= 11 is 0. The van der Waals surface area contributed by atoms with Crippen molar-refractivity contribution < 1.29 is 18.0 Å².